The first-order valence-corrected chi connectivity index (χ1v) is 12.5. The Morgan fingerprint density at radius 1 is 0.971 bits per heavy atom. The number of esters is 1. The molecule has 10 heteroatoms. The van der Waals surface area contributed by atoms with Crippen molar-refractivity contribution in [3.05, 3.63) is 91.6 Å². The van der Waals surface area contributed by atoms with Gasteiger partial charge in [0, 0.05) is 28.0 Å². The molecule has 4 rings (SSSR count). The molecule has 1 N–H and O–H groups in total. The smallest absolute Gasteiger partial charge is 0.348 e. The molecule has 1 fully saturated rings. The van der Waals surface area contributed by atoms with Crippen LogP contribution in [0.1, 0.15) is 39.1 Å². The second kappa shape index (κ2) is 10.6. The van der Waals surface area contributed by atoms with Crippen LogP contribution in [-0.2, 0) is 15.0 Å². The minimum Gasteiger partial charge on any atom is -0.465 e. The summed E-state index contributed by atoms with van der Waals surface area (Å²) in [6.07, 6.45) is 0. The van der Waals surface area contributed by atoms with E-state index in [1.165, 1.54) is 19.2 Å². The summed E-state index contributed by atoms with van der Waals surface area (Å²) >= 11 is 13.1. The van der Waals surface area contributed by atoms with Crippen molar-refractivity contribution < 1.29 is 23.1 Å². The summed E-state index contributed by atoms with van der Waals surface area (Å²) in [6.45, 7) is 0.162. The van der Waals surface area contributed by atoms with Gasteiger partial charge in [0.1, 0.15) is 15.3 Å². The lowest BCUT2D eigenvalue weighted by Crippen LogP contribution is -2.66. The van der Waals surface area contributed by atoms with Crippen LogP contribution in [0, 0.1) is 0 Å². The molecule has 1 aliphatic heterocycles. The highest BCUT2D eigenvalue weighted by atomic mass is 35.5. The zero-order valence-corrected chi connectivity index (χ0v) is 20.5. The van der Waals surface area contributed by atoms with Crippen molar-refractivity contribution in [2.75, 3.05) is 20.2 Å². The Kier molecular flexibility index (Phi) is 8.23. The lowest BCUT2D eigenvalue weighted by atomic mass is 9.84. The maximum atomic E-state index is 12.1. The number of β-amino-alcohol motifs (C(OH)–C–C–N with tert-alkyl or cyclic N) is 1. The van der Waals surface area contributed by atoms with E-state index in [0.29, 0.717) is 14.9 Å². The average Bonchev–Trinajstić information content (AvgIpc) is 3.24. The standard InChI is InChI=1S/C23H19Cl2NO5S2.CH4/c1-31-22(27)19-11-10-18(32-19)21(33(29)30)23(28)12-26(13-23)20(14-2-6-16(24)7-3-14)15-4-8-17(25)9-5-15;/h2-11,20,28H,12-13H2,1H3;1H4. The minimum absolute atomic E-state index is 0. The Hall–Kier alpha value is -2.20. The summed E-state index contributed by atoms with van der Waals surface area (Å²) in [5.74, 6) is -0.560. The molecule has 180 valence electrons. The van der Waals surface area contributed by atoms with Crippen LogP contribution in [0.2, 0.25) is 10.0 Å². The maximum Gasteiger partial charge on any atom is 0.348 e. The Bertz CT molecular complexity index is 1260. The van der Waals surface area contributed by atoms with Crippen LogP contribution < -0.4 is 0 Å². The van der Waals surface area contributed by atoms with E-state index in [2.05, 4.69) is 0 Å². The second-order valence-corrected chi connectivity index (χ2v) is 10.5. The van der Waals surface area contributed by atoms with Crippen LogP contribution in [-0.4, -0.2) is 55.1 Å². The van der Waals surface area contributed by atoms with Gasteiger partial charge in [0.05, 0.1) is 13.2 Å². The number of aliphatic hydroxyl groups is 1. The molecule has 34 heavy (non-hydrogen) atoms. The van der Waals surface area contributed by atoms with Crippen LogP contribution in [0.15, 0.2) is 60.7 Å². The molecule has 2 aromatic carbocycles. The molecule has 0 radical (unpaired) electrons. The third-order valence-corrected chi connectivity index (χ3v) is 8.12. The summed E-state index contributed by atoms with van der Waals surface area (Å²) in [6, 6.07) is 17.5. The summed E-state index contributed by atoms with van der Waals surface area (Å²) in [7, 11) is -1.43. The van der Waals surface area contributed by atoms with Gasteiger partial charge >= 0.3 is 5.97 Å². The third-order valence-electron chi connectivity index (χ3n) is 5.47. The van der Waals surface area contributed by atoms with Crippen LogP contribution in [0.3, 0.4) is 0 Å². The molecule has 0 spiro atoms. The highest BCUT2D eigenvalue weighted by molar-refractivity contribution is 7.74. The zero-order valence-electron chi connectivity index (χ0n) is 17.4. The number of hydrogen-bond donors (Lipinski definition) is 1. The van der Waals surface area contributed by atoms with E-state index in [1.54, 1.807) is 24.3 Å². The maximum absolute atomic E-state index is 12.1. The molecule has 0 bridgehead atoms. The Labute approximate surface area is 213 Å². The molecular weight excluding hydrogens is 517 g/mol. The van der Waals surface area contributed by atoms with Gasteiger partial charge in [-0.25, -0.2) is 4.79 Å². The highest BCUT2D eigenvalue weighted by Gasteiger charge is 2.50. The number of benzene rings is 2. The molecule has 0 unspecified atom stereocenters. The number of nitrogens with zero attached hydrogens (tertiary/aromatic N) is 1. The quantitative estimate of drug-likeness (QED) is 0.277. The predicted octanol–water partition coefficient (Wildman–Crippen LogP) is 4.71. The normalized spacial score (nSPS) is 14.7. The number of hydrogen-bond acceptors (Lipinski definition) is 7. The van der Waals surface area contributed by atoms with Gasteiger partial charge in [-0.3, -0.25) is 4.90 Å². The van der Waals surface area contributed by atoms with Crippen LogP contribution in [0.4, 0.5) is 0 Å². The fourth-order valence-electron chi connectivity index (χ4n) is 3.99. The van der Waals surface area contributed by atoms with E-state index in [1.807, 2.05) is 29.2 Å². The molecule has 0 saturated carbocycles. The number of rotatable bonds is 6. The van der Waals surface area contributed by atoms with E-state index in [0.717, 1.165) is 22.5 Å². The second-order valence-electron chi connectivity index (χ2n) is 7.66. The minimum atomic E-state index is -2.68. The number of ether oxygens (including phenoxy) is 1. The van der Waals surface area contributed by atoms with Crippen molar-refractivity contribution in [3.63, 3.8) is 0 Å². The first-order chi connectivity index (χ1) is 15.7. The Balaban J connectivity index is 0.00000324. The average molecular weight is 540 g/mol. The number of methoxy groups -OCH3 is 1. The van der Waals surface area contributed by atoms with Gasteiger partial charge in [0.2, 0.25) is 10.3 Å². The number of thiophene rings is 1. The molecule has 2 heterocycles. The topological polar surface area (TPSA) is 83.9 Å². The first-order valence-electron chi connectivity index (χ1n) is 9.84. The Morgan fingerprint density at radius 3 is 1.88 bits per heavy atom. The molecule has 0 amide bonds. The lowest BCUT2D eigenvalue weighted by Gasteiger charge is -2.50. The van der Waals surface area contributed by atoms with E-state index in [4.69, 9.17) is 27.9 Å². The monoisotopic (exact) mass is 539 g/mol. The van der Waals surface area contributed by atoms with Gasteiger partial charge in [-0.2, -0.15) is 8.42 Å². The molecule has 6 nitrogen and oxygen atoms in total. The van der Waals surface area contributed by atoms with Crippen molar-refractivity contribution in [2.24, 2.45) is 0 Å². The predicted molar refractivity (Wildman–Crippen MR) is 137 cm³/mol. The molecule has 3 aromatic rings. The number of carbonyl (C=O) groups excluding carboxylic acids is 1. The van der Waals surface area contributed by atoms with Crippen LogP contribution in [0.25, 0.3) is 0 Å². The van der Waals surface area contributed by atoms with Crippen LogP contribution >= 0.6 is 34.5 Å². The van der Waals surface area contributed by atoms with Crippen molar-refractivity contribution in [3.8, 4) is 0 Å². The van der Waals surface area contributed by atoms with E-state index >= 15 is 0 Å². The molecule has 0 atom stereocenters. The summed E-state index contributed by atoms with van der Waals surface area (Å²) in [4.78, 5) is 14.2. The van der Waals surface area contributed by atoms with Crippen molar-refractivity contribution in [1.29, 1.82) is 0 Å². The number of likely N-dealkylation sites (tertiary alicyclic amines) is 1. The van der Waals surface area contributed by atoms with Crippen LogP contribution in [0.5, 0.6) is 0 Å². The zero-order chi connectivity index (χ0) is 23.8. The van der Waals surface area contributed by atoms with Gasteiger partial charge in [0.25, 0.3) is 0 Å². The summed E-state index contributed by atoms with van der Waals surface area (Å²) in [5.41, 5.74) is 0.289. The van der Waals surface area contributed by atoms with Crippen molar-refractivity contribution in [1.82, 2.24) is 4.90 Å². The largest absolute Gasteiger partial charge is 0.465 e. The fraction of sp³-hybridized carbons (Fsp3) is 0.250. The highest BCUT2D eigenvalue weighted by Crippen LogP contribution is 2.39. The SMILES string of the molecule is C.COC(=O)c1ccc(C(=S(=O)=O)C2(O)CN(C(c3ccc(Cl)cc3)c3ccc(Cl)cc3)C2)s1. The third kappa shape index (κ3) is 5.22. The molecular formula is C24H23Cl2NO5S2. The Morgan fingerprint density at radius 2 is 1.44 bits per heavy atom. The van der Waals surface area contributed by atoms with Gasteiger partial charge in [-0.15, -0.1) is 11.3 Å². The van der Waals surface area contributed by atoms with E-state index in [9.17, 15) is 18.3 Å². The lowest BCUT2D eigenvalue weighted by molar-refractivity contribution is -0.0582. The van der Waals surface area contributed by atoms with Gasteiger partial charge < -0.3 is 9.84 Å². The summed E-state index contributed by atoms with van der Waals surface area (Å²) in [5, 5.41) is 12.5. The summed E-state index contributed by atoms with van der Waals surface area (Å²) < 4.78 is 28.9. The molecule has 1 saturated heterocycles. The molecule has 1 aliphatic rings. The van der Waals surface area contributed by atoms with Gasteiger partial charge in [-0.05, 0) is 47.5 Å². The molecule has 0 aliphatic carbocycles. The molecule has 1 aromatic heterocycles. The number of halogens is 2. The van der Waals surface area contributed by atoms with Crippen molar-refractivity contribution in [2.45, 2.75) is 19.1 Å². The van der Waals surface area contributed by atoms with E-state index < -0.39 is 21.9 Å². The van der Waals surface area contributed by atoms with Crippen molar-refractivity contribution >= 4 is 55.7 Å². The van der Waals surface area contributed by atoms with Gasteiger partial charge in [-0.1, -0.05) is 54.9 Å². The van der Waals surface area contributed by atoms with E-state index in [-0.39, 0.29) is 36.3 Å². The first kappa shape index (κ1) is 26.4. The fourth-order valence-corrected chi connectivity index (χ4v) is 6.20. The van der Waals surface area contributed by atoms with Gasteiger partial charge in [0.15, 0.2) is 0 Å². The number of carbonyl (C=O) groups is 1.